The van der Waals surface area contributed by atoms with Gasteiger partial charge in [-0.3, -0.25) is 9.59 Å². The molecule has 4 rings (SSSR count). The summed E-state index contributed by atoms with van der Waals surface area (Å²) in [6, 6.07) is -0.487. The number of carbonyl (C=O) groups is 2. The normalized spacial score (nSPS) is 47.4. The van der Waals surface area contributed by atoms with Crippen LogP contribution in [-0.4, -0.2) is 46.5 Å². The Morgan fingerprint density at radius 3 is 2.48 bits per heavy atom. The molecule has 0 aromatic heterocycles. The second-order valence-electron chi connectivity index (χ2n) is 11.0. The van der Waals surface area contributed by atoms with Crippen LogP contribution in [-0.2, 0) is 14.3 Å². The summed E-state index contributed by atoms with van der Waals surface area (Å²) in [5.74, 6) is 0.829. The van der Waals surface area contributed by atoms with Crippen molar-refractivity contribution in [2.75, 3.05) is 7.05 Å². The van der Waals surface area contributed by atoms with E-state index in [2.05, 4.69) is 39.8 Å². The number of likely N-dealkylation sites (tertiary alicyclic amines) is 1. The molecule has 0 radical (unpaired) electrons. The maximum absolute atomic E-state index is 13.4. The minimum Gasteiger partial charge on any atom is -0.511 e. The molecule has 1 N–H and O–H groups in total. The number of hydrogen-bond acceptors (Lipinski definition) is 4. The van der Waals surface area contributed by atoms with Gasteiger partial charge in [0.25, 0.3) is 5.91 Å². The first-order chi connectivity index (χ1) is 14.5. The molecule has 2 aliphatic carbocycles. The van der Waals surface area contributed by atoms with Gasteiger partial charge in [-0.2, -0.15) is 0 Å². The average molecular weight is 430 g/mol. The van der Waals surface area contributed by atoms with E-state index >= 15 is 0 Å². The molecule has 2 aliphatic heterocycles. The molecule has 1 saturated carbocycles. The van der Waals surface area contributed by atoms with E-state index in [4.69, 9.17) is 4.74 Å². The van der Waals surface area contributed by atoms with Crippen LogP contribution in [0.3, 0.4) is 0 Å². The van der Waals surface area contributed by atoms with E-state index < -0.39 is 6.04 Å². The molecule has 10 atom stereocenters. The summed E-state index contributed by atoms with van der Waals surface area (Å²) in [6.45, 7) is 12.7. The number of likely N-dealkylation sites (N-methyl/N-ethyl adjacent to an activating group) is 1. The van der Waals surface area contributed by atoms with Crippen LogP contribution >= 0.6 is 0 Å². The number of ether oxygens (including phenoxy) is 1. The highest BCUT2D eigenvalue weighted by Gasteiger charge is 2.61. The van der Waals surface area contributed by atoms with Crippen molar-refractivity contribution in [3.05, 3.63) is 23.5 Å². The largest absolute Gasteiger partial charge is 0.511 e. The lowest BCUT2D eigenvalue weighted by Gasteiger charge is -2.48. The maximum Gasteiger partial charge on any atom is 0.261 e. The van der Waals surface area contributed by atoms with Crippen LogP contribution in [0, 0.1) is 41.4 Å². The number of aliphatic hydroxyl groups is 1. The molecule has 4 aliphatic rings. The zero-order valence-electron chi connectivity index (χ0n) is 20.1. The van der Waals surface area contributed by atoms with Crippen molar-refractivity contribution in [1.82, 2.24) is 4.90 Å². The first kappa shape index (κ1) is 22.6. The molecule has 0 spiro atoms. The lowest BCUT2D eigenvalue weighted by Crippen LogP contribution is -2.45. The average Bonchev–Trinajstić information content (AvgIpc) is 3.26. The lowest BCUT2D eigenvalue weighted by molar-refractivity contribution is -0.126. The van der Waals surface area contributed by atoms with Crippen molar-refractivity contribution in [3.8, 4) is 0 Å². The molecule has 5 heteroatoms. The molecule has 1 amide bonds. The Bertz CT molecular complexity index is 831. The second kappa shape index (κ2) is 7.75. The van der Waals surface area contributed by atoms with Crippen LogP contribution in [0.25, 0.3) is 0 Å². The number of epoxide rings is 1. The molecule has 0 aromatic rings. The summed E-state index contributed by atoms with van der Waals surface area (Å²) in [7, 11) is 1.69. The van der Waals surface area contributed by atoms with E-state index in [0.717, 1.165) is 19.3 Å². The Labute approximate surface area is 186 Å². The third-order valence-corrected chi connectivity index (χ3v) is 9.03. The lowest BCUT2D eigenvalue weighted by atomic mass is 9.56. The highest BCUT2D eigenvalue weighted by molar-refractivity contribution is 6.26. The second-order valence-corrected chi connectivity index (χ2v) is 11.0. The Balaban J connectivity index is 1.81. The van der Waals surface area contributed by atoms with Crippen LogP contribution in [0.2, 0.25) is 0 Å². The number of allylic oxidation sites excluding steroid dienone is 2. The van der Waals surface area contributed by atoms with E-state index in [1.54, 1.807) is 7.05 Å². The number of amides is 1. The fourth-order valence-electron chi connectivity index (χ4n) is 6.97. The molecular formula is C26H39NO4. The van der Waals surface area contributed by atoms with Crippen LogP contribution in [0.5, 0.6) is 0 Å². The quantitative estimate of drug-likeness (QED) is 0.234. The minimum absolute atomic E-state index is 0.0160. The van der Waals surface area contributed by atoms with Gasteiger partial charge in [0.15, 0.2) is 5.78 Å². The third kappa shape index (κ3) is 3.39. The fourth-order valence-corrected chi connectivity index (χ4v) is 6.97. The molecule has 2 saturated heterocycles. The van der Waals surface area contributed by atoms with E-state index in [1.807, 2.05) is 13.8 Å². The predicted molar refractivity (Wildman–Crippen MR) is 120 cm³/mol. The number of carbonyl (C=O) groups excluding carboxylic acids is 2. The molecule has 0 bridgehead atoms. The molecule has 0 aromatic carbocycles. The van der Waals surface area contributed by atoms with Crippen molar-refractivity contribution < 1.29 is 19.4 Å². The first-order valence-corrected chi connectivity index (χ1v) is 12.1. The molecule has 31 heavy (non-hydrogen) atoms. The molecule has 3 fully saturated rings. The standard InChI is InChI=1S/C26H39NO4/c1-8-14(3)22-24(29)21(25(30)27(22)7)23(28)20-18(26(6)16(5)31-26)10-9-17-12-13(2)11-15(4)19(17)20/h9-10,13-20,22,28H,8,11-12H2,1-7H3/b23-21-/t13-,14?,15+,16-,17-,18-,19+,20-,22+,26+/m0/s1. The van der Waals surface area contributed by atoms with Gasteiger partial charge < -0.3 is 14.7 Å². The number of rotatable bonds is 4. The molecule has 172 valence electrons. The van der Waals surface area contributed by atoms with Gasteiger partial charge in [0.2, 0.25) is 0 Å². The number of ketones is 1. The Kier molecular flexibility index (Phi) is 5.65. The predicted octanol–water partition coefficient (Wildman–Crippen LogP) is 4.53. The maximum atomic E-state index is 13.4. The van der Waals surface area contributed by atoms with Gasteiger partial charge in [-0.25, -0.2) is 0 Å². The van der Waals surface area contributed by atoms with Crippen LogP contribution in [0.4, 0.5) is 0 Å². The monoisotopic (exact) mass is 429 g/mol. The summed E-state index contributed by atoms with van der Waals surface area (Å²) in [5, 5.41) is 11.7. The van der Waals surface area contributed by atoms with Gasteiger partial charge >= 0.3 is 0 Å². The van der Waals surface area contributed by atoms with Crippen LogP contribution in [0.1, 0.15) is 60.8 Å². The van der Waals surface area contributed by atoms with Crippen molar-refractivity contribution in [1.29, 1.82) is 0 Å². The fraction of sp³-hybridized carbons (Fsp3) is 0.769. The summed E-state index contributed by atoms with van der Waals surface area (Å²) in [6.07, 6.45) is 7.62. The molecule has 1 unspecified atom stereocenters. The SMILES string of the molecule is CCC(C)[C@@H]1C(=O)/C(=C(/O)[C@@H]2[C@@H]3[C@H](C)C[C@H](C)C[C@@H]3C=C[C@@H]2[C@]2(C)O[C@H]2C)C(=O)N1C. The van der Waals surface area contributed by atoms with Gasteiger partial charge in [-0.1, -0.05) is 46.3 Å². The molecule has 2 heterocycles. The zero-order valence-corrected chi connectivity index (χ0v) is 20.1. The van der Waals surface area contributed by atoms with E-state index in [9.17, 15) is 14.7 Å². The third-order valence-electron chi connectivity index (χ3n) is 9.03. The number of hydrogen-bond donors (Lipinski definition) is 1. The van der Waals surface area contributed by atoms with Gasteiger partial charge in [-0.15, -0.1) is 0 Å². The zero-order chi connectivity index (χ0) is 22.8. The Morgan fingerprint density at radius 2 is 1.90 bits per heavy atom. The minimum atomic E-state index is -0.487. The van der Waals surface area contributed by atoms with Crippen LogP contribution < -0.4 is 0 Å². The van der Waals surface area contributed by atoms with Gasteiger partial charge in [0.05, 0.1) is 17.7 Å². The highest BCUT2D eigenvalue weighted by Crippen LogP contribution is 2.57. The van der Waals surface area contributed by atoms with E-state index in [0.29, 0.717) is 17.8 Å². The molecular weight excluding hydrogens is 390 g/mol. The highest BCUT2D eigenvalue weighted by atomic mass is 16.6. The number of nitrogens with zero attached hydrogens (tertiary/aromatic N) is 1. The van der Waals surface area contributed by atoms with Crippen molar-refractivity contribution in [2.24, 2.45) is 41.4 Å². The van der Waals surface area contributed by atoms with E-state index in [1.165, 1.54) is 4.90 Å². The first-order valence-electron chi connectivity index (χ1n) is 12.1. The van der Waals surface area contributed by atoms with Crippen molar-refractivity contribution in [3.63, 3.8) is 0 Å². The van der Waals surface area contributed by atoms with Crippen LogP contribution in [0.15, 0.2) is 23.5 Å². The number of aliphatic hydroxyl groups excluding tert-OH is 1. The van der Waals surface area contributed by atoms with Gasteiger partial charge in [-0.05, 0) is 56.3 Å². The smallest absolute Gasteiger partial charge is 0.261 e. The molecule has 5 nitrogen and oxygen atoms in total. The topological polar surface area (TPSA) is 70.1 Å². The summed E-state index contributed by atoms with van der Waals surface area (Å²) < 4.78 is 6.01. The Hall–Kier alpha value is -1.62. The number of fused-ring (bicyclic) bond motifs is 1. The Morgan fingerprint density at radius 1 is 1.26 bits per heavy atom. The van der Waals surface area contributed by atoms with Crippen molar-refractivity contribution in [2.45, 2.75) is 78.6 Å². The van der Waals surface area contributed by atoms with Gasteiger partial charge in [0.1, 0.15) is 11.3 Å². The number of Topliss-reactive ketones (excluding diaryl/α,β-unsaturated/α-hetero) is 1. The summed E-state index contributed by atoms with van der Waals surface area (Å²) in [4.78, 5) is 28.1. The summed E-state index contributed by atoms with van der Waals surface area (Å²) in [5.41, 5.74) is -0.338. The van der Waals surface area contributed by atoms with Gasteiger partial charge in [0, 0.05) is 18.9 Å². The summed E-state index contributed by atoms with van der Waals surface area (Å²) >= 11 is 0. The van der Waals surface area contributed by atoms with Crippen molar-refractivity contribution >= 4 is 11.7 Å². The van der Waals surface area contributed by atoms with E-state index in [-0.39, 0.29) is 58.4 Å².